The molecule has 0 spiro atoms. The minimum atomic E-state index is 0.502. The molecule has 18 heavy (non-hydrogen) atoms. The summed E-state index contributed by atoms with van der Waals surface area (Å²) in [5.74, 6) is 1.88. The molecule has 1 fully saturated rings. The number of hydrogen-bond acceptors (Lipinski definition) is 2. The molecule has 1 aliphatic rings. The van der Waals surface area contributed by atoms with E-state index in [4.69, 9.17) is 16.3 Å². The number of benzene rings is 1. The van der Waals surface area contributed by atoms with Gasteiger partial charge in [-0.1, -0.05) is 31.5 Å². The zero-order valence-electron chi connectivity index (χ0n) is 11.4. The Balaban J connectivity index is 1.99. The van der Waals surface area contributed by atoms with Gasteiger partial charge in [0.05, 0.1) is 12.1 Å². The predicted octanol–water partition coefficient (Wildman–Crippen LogP) is 3.84. The van der Waals surface area contributed by atoms with Crippen LogP contribution in [-0.4, -0.2) is 19.7 Å². The molecule has 3 heteroatoms. The second-order valence-electron chi connectivity index (χ2n) is 5.34. The van der Waals surface area contributed by atoms with E-state index < -0.39 is 0 Å². The summed E-state index contributed by atoms with van der Waals surface area (Å²) in [6, 6.07) is 6.86. The molecular formula is C15H22ClNO. The van der Waals surface area contributed by atoms with Crippen molar-refractivity contribution in [2.24, 2.45) is 5.92 Å². The van der Waals surface area contributed by atoms with Crippen molar-refractivity contribution in [2.45, 2.75) is 38.6 Å². The Hall–Kier alpha value is -0.730. The molecule has 0 amide bonds. The summed E-state index contributed by atoms with van der Waals surface area (Å²) in [7, 11) is 1.66. The summed E-state index contributed by atoms with van der Waals surface area (Å²) in [4.78, 5) is 0. The van der Waals surface area contributed by atoms with E-state index >= 15 is 0 Å². The molecule has 2 unspecified atom stereocenters. The van der Waals surface area contributed by atoms with Crippen LogP contribution in [0, 0.1) is 5.92 Å². The van der Waals surface area contributed by atoms with Crippen molar-refractivity contribution >= 4 is 11.6 Å². The third kappa shape index (κ3) is 3.39. The minimum Gasteiger partial charge on any atom is -0.495 e. The summed E-state index contributed by atoms with van der Waals surface area (Å²) in [6.45, 7) is 5.64. The number of rotatable bonds is 6. The molecule has 2 nitrogen and oxygen atoms in total. The van der Waals surface area contributed by atoms with Crippen LogP contribution in [0.3, 0.4) is 0 Å². The van der Waals surface area contributed by atoms with Gasteiger partial charge in [-0.05, 0) is 48.9 Å². The summed E-state index contributed by atoms with van der Waals surface area (Å²) >= 11 is 6.05. The van der Waals surface area contributed by atoms with Crippen LogP contribution in [0.4, 0.5) is 0 Å². The first-order chi connectivity index (χ1) is 8.61. The number of methoxy groups -OCH3 is 1. The van der Waals surface area contributed by atoms with Gasteiger partial charge in [-0.15, -0.1) is 0 Å². The Kier molecular flexibility index (Phi) is 4.52. The molecule has 1 saturated carbocycles. The van der Waals surface area contributed by atoms with Gasteiger partial charge in [0.1, 0.15) is 5.75 Å². The number of halogens is 1. The SMILES string of the molecule is COc1cc(C(C)C(C)CNC2CC2)ccc1Cl. The van der Waals surface area contributed by atoms with E-state index in [1.807, 2.05) is 6.07 Å². The van der Waals surface area contributed by atoms with Crippen LogP contribution in [0.25, 0.3) is 0 Å². The Morgan fingerprint density at radius 2 is 2.11 bits per heavy atom. The lowest BCUT2D eigenvalue weighted by Gasteiger charge is -2.21. The van der Waals surface area contributed by atoms with Crippen LogP contribution in [-0.2, 0) is 0 Å². The summed E-state index contributed by atoms with van der Waals surface area (Å²) < 4.78 is 5.28. The highest BCUT2D eigenvalue weighted by atomic mass is 35.5. The minimum absolute atomic E-state index is 0.502. The standard InChI is InChI=1S/C15H22ClNO/c1-10(9-17-13-5-6-13)11(2)12-4-7-14(16)15(8-12)18-3/h4,7-8,10-11,13,17H,5-6,9H2,1-3H3. The van der Waals surface area contributed by atoms with Crippen LogP contribution in [0.1, 0.15) is 38.2 Å². The Labute approximate surface area is 115 Å². The zero-order valence-corrected chi connectivity index (χ0v) is 12.1. The average Bonchev–Trinajstić information content (AvgIpc) is 3.19. The number of nitrogens with one attached hydrogen (secondary N) is 1. The molecule has 100 valence electrons. The average molecular weight is 268 g/mol. The largest absolute Gasteiger partial charge is 0.495 e. The fraction of sp³-hybridized carbons (Fsp3) is 0.600. The van der Waals surface area contributed by atoms with Gasteiger partial charge in [-0.25, -0.2) is 0 Å². The van der Waals surface area contributed by atoms with E-state index in [2.05, 4.69) is 31.3 Å². The molecule has 2 rings (SSSR count). The highest BCUT2D eigenvalue weighted by Gasteiger charge is 2.23. The molecular weight excluding hydrogens is 246 g/mol. The third-order valence-corrected chi connectivity index (χ3v) is 4.17. The van der Waals surface area contributed by atoms with Crippen molar-refractivity contribution in [2.75, 3.05) is 13.7 Å². The lowest BCUT2D eigenvalue weighted by atomic mass is 9.89. The highest BCUT2D eigenvalue weighted by molar-refractivity contribution is 6.32. The molecule has 0 heterocycles. The first-order valence-electron chi connectivity index (χ1n) is 6.68. The van der Waals surface area contributed by atoms with Gasteiger partial charge in [0.2, 0.25) is 0 Å². The first-order valence-corrected chi connectivity index (χ1v) is 7.06. The topological polar surface area (TPSA) is 21.3 Å². The van der Waals surface area contributed by atoms with Crippen LogP contribution in [0.15, 0.2) is 18.2 Å². The van der Waals surface area contributed by atoms with Crippen molar-refractivity contribution in [3.8, 4) is 5.75 Å². The van der Waals surface area contributed by atoms with Crippen LogP contribution < -0.4 is 10.1 Å². The maximum absolute atomic E-state index is 6.05. The number of ether oxygens (including phenoxy) is 1. The lowest BCUT2D eigenvalue weighted by molar-refractivity contribution is 0.410. The van der Waals surface area contributed by atoms with Gasteiger partial charge in [-0.2, -0.15) is 0 Å². The van der Waals surface area contributed by atoms with Crippen LogP contribution in [0.5, 0.6) is 5.75 Å². The molecule has 0 aliphatic heterocycles. The zero-order chi connectivity index (χ0) is 13.1. The molecule has 0 radical (unpaired) electrons. The Bertz CT molecular complexity index is 403. The summed E-state index contributed by atoms with van der Waals surface area (Å²) in [5.41, 5.74) is 1.29. The summed E-state index contributed by atoms with van der Waals surface area (Å²) in [5, 5.41) is 4.27. The van der Waals surface area contributed by atoms with Crippen molar-refractivity contribution in [1.29, 1.82) is 0 Å². The van der Waals surface area contributed by atoms with E-state index in [-0.39, 0.29) is 0 Å². The highest BCUT2D eigenvalue weighted by Crippen LogP contribution is 2.31. The molecule has 1 aromatic rings. The second-order valence-corrected chi connectivity index (χ2v) is 5.75. The first kappa shape index (κ1) is 13.7. The van der Waals surface area contributed by atoms with E-state index in [1.165, 1.54) is 18.4 Å². The molecule has 1 aromatic carbocycles. The van der Waals surface area contributed by atoms with Crippen molar-refractivity contribution in [1.82, 2.24) is 5.32 Å². The normalized spacial score (nSPS) is 18.4. The van der Waals surface area contributed by atoms with Crippen molar-refractivity contribution < 1.29 is 4.74 Å². The maximum Gasteiger partial charge on any atom is 0.137 e. The van der Waals surface area contributed by atoms with Crippen molar-refractivity contribution in [3.05, 3.63) is 28.8 Å². The van der Waals surface area contributed by atoms with Gasteiger partial charge >= 0.3 is 0 Å². The monoisotopic (exact) mass is 267 g/mol. The van der Waals surface area contributed by atoms with Gasteiger partial charge < -0.3 is 10.1 Å². The van der Waals surface area contributed by atoms with E-state index in [0.717, 1.165) is 18.3 Å². The fourth-order valence-electron chi connectivity index (χ4n) is 2.10. The maximum atomic E-state index is 6.05. The number of hydrogen-bond donors (Lipinski definition) is 1. The lowest BCUT2D eigenvalue weighted by Crippen LogP contribution is -2.26. The summed E-state index contributed by atoms with van der Waals surface area (Å²) in [6.07, 6.45) is 2.69. The van der Waals surface area contributed by atoms with E-state index in [1.54, 1.807) is 7.11 Å². The predicted molar refractivity (Wildman–Crippen MR) is 76.6 cm³/mol. The van der Waals surface area contributed by atoms with Gasteiger partial charge in [-0.3, -0.25) is 0 Å². The van der Waals surface area contributed by atoms with Gasteiger partial charge in [0.25, 0.3) is 0 Å². The fourth-order valence-corrected chi connectivity index (χ4v) is 2.30. The van der Waals surface area contributed by atoms with Gasteiger partial charge in [0, 0.05) is 6.04 Å². The molecule has 0 aromatic heterocycles. The van der Waals surface area contributed by atoms with Crippen molar-refractivity contribution in [3.63, 3.8) is 0 Å². The molecule has 0 bridgehead atoms. The molecule has 1 aliphatic carbocycles. The van der Waals surface area contributed by atoms with Gasteiger partial charge in [0.15, 0.2) is 0 Å². The van der Waals surface area contributed by atoms with Crippen LogP contribution >= 0.6 is 11.6 Å². The smallest absolute Gasteiger partial charge is 0.137 e. The second kappa shape index (κ2) is 5.94. The third-order valence-electron chi connectivity index (χ3n) is 3.86. The van der Waals surface area contributed by atoms with E-state index in [0.29, 0.717) is 16.9 Å². The molecule has 2 atom stereocenters. The Morgan fingerprint density at radius 3 is 2.72 bits per heavy atom. The molecule has 1 N–H and O–H groups in total. The van der Waals surface area contributed by atoms with Crippen LogP contribution in [0.2, 0.25) is 5.02 Å². The quantitative estimate of drug-likeness (QED) is 0.846. The Morgan fingerprint density at radius 1 is 1.39 bits per heavy atom. The molecule has 0 saturated heterocycles. The van der Waals surface area contributed by atoms with E-state index in [9.17, 15) is 0 Å².